The molecular formula is C16H16ClN3O2S. The van der Waals surface area contributed by atoms with Crippen LogP contribution in [0.4, 0.5) is 0 Å². The Balaban J connectivity index is 1.72. The summed E-state index contributed by atoms with van der Waals surface area (Å²) in [4.78, 5) is 0. The minimum atomic E-state index is -0.591. The lowest BCUT2D eigenvalue weighted by atomic mass is 10.1. The van der Waals surface area contributed by atoms with Crippen molar-refractivity contribution in [3.8, 4) is 11.6 Å². The average molecular weight is 350 g/mol. The zero-order valence-corrected chi connectivity index (χ0v) is 14.1. The third-order valence-corrected chi connectivity index (χ3v) is 4.69. The van der Waals surface area contributed by atoms with Gasteiger partial charge in [-0.25, -0.2) is 0 Å². The molecule has 0 saturated heterocycles. The van der Waals surface area contributed by atoms with E-state index in [1.165, 1.54) is 11.8 Å². The molecule has 3 aromatic rings. The van der Waals surface area contributed by atoms with E-state index in [1.807, 2.05) is 35.8 Å². The fraction of sp³-hybridized carbons (Fsp3) is 0.250. The van der Waals surface area contributed by atoms with Gasteiger partial charge < -0.3 is 9.52 Å². The van der Waals surface area contributed by atoms with Crippen molar-refractivity contribution < 1.29 is 9.52 Å². The minimum Gasteiger partial charge on any atom is -0.461 e. The van der Waals surface area contributed by atoms with Gasteiger partial charge in [0, 0.05) is 17.3 Å². The van der Waals surface area contributed by atoms with Crippen LogP contribution in [0.1, 0.15) is 18.6 Å². The second-order valence-corrected chi connectivity index (χ2v) is 6.33. The van der Waals surface area contributed by atoms with E-state index in [4.69, 9.17) is 16.0 Å². The number of aromatic nitrogens is 3. The summed E-state index contributed by atoms with van der Waals surface area (Å²) in [5.74, 6) is 1.86. The van der Waals surface area contributed by atoms with Crippen molar-refractivity contribution in [2.75, 3.05) is 5.75 Å². The molecule has 0 fully saturated rings. The van der Waals surface area contributed by atoms with Gasteiger partial charge in [0.15, 0.2) is 16.7 Å². The molecule has 0 aliphatic rings. The summed E-state index contributed by atoms with van der Waals surface area (Å²) in [5, 5.41) is 20.1. The van der Waals surface area contributed by atoms with Gasteiger partial charge in [-0.2, -0.15) is 0 Å². The minimum absolute atomic E-state index is 0.484. The highest BCUT2D eigenvalue weighted by Gasteiger charge is 2.17. The SMILES string of the molecule is CCn1c(SCC(O)c2ccc(Cl)cc2)nnc1-c1ccco1. The zero-order valence-electron chi connectivity index (χ0n) is 12.5. The molecule has 2 aromatic heterocycles. The summed E-state index contributed by atoms with van der Waals surface area (Å²) < 4.78 is 7.36. The highest BCUT2D eigenvalue weighted by atomic mass is 35.5. The second kappa shape index (κ2) is 7.21. The molecule has 1 aromatic carbocycles. The molecule has 1 atom stereocenters. The predicted octanol–water partition coefficient (Wildman–Crippen LogP) is 4.04. The van der Waals surface area contributed by atoms with Crippen LogP contribution in [0, 0.1) is 0 Å². The normalized spacial score (nSPS) is 12.5. The van der Waals surface area contributed by atoms with Crippen LogP contribution in [-0.4, -0.2) is 25.6 Å². The van der Waals surface area contributed by atoms with Gasteiger partial charge in [-0.15, -0.1) is 10.2 Å². The van der Waals surface area contributed by atoms with Crippen LogP contribution in [0.5, 0.6) is 0 Å². The molecule has 5 nitrogen and oxygen atoms in total. The van der Waals surface area contributed by atoms with Gasteiger partial charge in [-0.3, -0.25) is 4.57 Å². The smallest absolute Gasteiger partial charge is 0.200 e. The quantitative estimate of drug-likeness (QED) is 0.680. The van der Waals surface area contributed by atoms with Gasteiger partial charge >= 0.3 is 0 Å². The van der Waals surface area contributed by atoms with Crippen molar-refractivity contribution in [2.45, 2.75) is 24.7 Å². The Morgan fingerprint density at radius 1 is 1.26 bits per heavy atom. The van der Waals surface area contributed by atoms with Crippen molar-refractivity contribution in [1.29, 1.82) is 0 Å². The summed E-state index contributed by atoms with van der Waals surface area (Å²) in [6.07, 6.45) is 1.02. The largest absolute Gasteiger partial charge is 0.461 e. The van der Waals surface area contributed by atoms with Crippen molar-refractivity contribution >= 4 is 23.4 Å². The Morgan fingerprint density at radius 2 is 2.04 bits per heavy atom. The van der Waals surface area contributed by atoms with Gasteiger partial charge in [0.2, 0.25) is 0 Å². The summed E-state index contributed by atoms with van der Waals surface area (Å²) in [6, 6.07) is 10.9. The Hall–Kier alpha value is -1.76. The lowest BCUT2D eigenvalue weighted by Crippen LogP contribution is -2.03. The number of halogens is 1. The van der Waals surface area contributed by atoms with Crippen LogP contribution in [0.25, 0.3) is 11.6 Å². The topological polar surface area (TPSA) is 64.1 Å². The molecule has 120 valence electrons. The molecule has 1 unspecified atom stereocenters. The number of aliphatic hydroxyl groups excluding tert-OH is 1. The van der Waals surface area contributed by atoms with E-state index in [9.17, 15) is 5.11 Å². The van der Waals surface area contributed by atoms with Crippen LogP contribution < -0.4 is 0 Å². The molecule has 0 spiro atoms. The van der Waals surface area contributed by atoms with E-state index in [-0.39, 0.29) is 0 Å². The van der Waals surface area contributed by atoms with Crippen molar-refractivity contribution in [3.05, 3.63) is 53.2 Å². The fourth-order valence-corrected chi connectivity index (χ4v) is 3.30. The molecule has 0 saturated carbocycles. The third kappa shape index (κ3) is 3.60. The summed E-state index contributed by atoms with van der Waals surface area (Å²) in [5.41, 5.74) is 0.829. The number of furan rings is 1. The van der Waals surface area contributed by atoms with Crippen LogP contribution in [0.3, 0.4) is 0 Å². The van der Waals surface area contributed by atoms with Gasteiger partial charge in [0.05, 0.1) is 12.4 Å². The molecule has 2 heterocycles. The van der Waals surface area contributed by atoms with Crippen molar-refractivity contribution in [1.82, 2.24) is 14.8 Å². The zero-order chi connectivity index (χ0) is 16.2. The number of benzene rings is 1. The molecule has 0 aliphatic carbocycles. The van der Waals surface area contributed by atoms with E-state index in [0.717, 1.165) is 17.3 Å². The van der Waals surface area contributed by atoms with Gasteiger partial charge in [0.25, 0.3) is 0 Å². The standard InChI is InChI=1S/C16H16ClN3O2S/c1-2-20-15(14-4-3-9-22-14)18-19-16(20)23-10-13(21)11-5-7-12(17)8-6-11/h3-9,13,21H,2,10H2,1H3. The number of nitrogens with zero attached hydrogens (tertiary/aromatic N) is 3. The van der Waals surface area contributed by atoms with E-state index in [1.54, 1.807) is 18.4 Å². The number of hydrogen-bond acceptors (Lipinski definition) is 5. The first-order valence-electron chi connectivity index (χ1n) is 7.22. The molecule has 0 amide bonds. The Kier molecular flexibility index (Phi) is 5.05. The lowest BCUT2D eigenvalue weighted by Gasteiger charge is -2.11. The van der Waals surface area contributed by atoms with Crippen LogP contribution in [-0.2, 0) is 6.54 Å². The molecule has 7 heteroatoms. The molecule has 1 N–H and O–H groups in total. The summed E-state index contributed by atoms with van der Waals surface area (Å²) in [6.45, 7) is 2.75. The maximum absolute atomic E-state index is 10.3. The molecule has 0 radical (unpaired) electrons. The lowest BCUT2D eigenvalue weighted by molar-refractivity contribution is 0.204. The first-order valence-corrected chi connectivity index (χ1v) is 8.58. The molecule has 3 rings (SSSR count). The maximum atomic E-state index is 10.3. The monoisotopic (exact) mass is 349 g/mol. The number of hydrogen-bond donors (Lipinski definition) is 1. The Bertz CT molecular complexity index is 756. The number of thioether (sulfide) groups is 1. The average Bonchev–Trinajstić information content (AvgIpc) is 3.22. The second-order valence-electron chi connectivity index (χ2n) is 4.91. The van der Waals surface area contributed by atoms with Crippen LogP contribution in [0.15, 0.2) is 52.2 Å². The van der Waals surface area contributed by atoms with E-state index < -0.39 is 6.10 Å². The van der Waals surface area contributed by atoms with Gasteiger partial charge in [-0.05, 0) is 36.8 Å². The number of rotatable bonds is 6. The summed E-state index contributed by atoms with van der Waals surface area (Å²) >= 11 is 7.32. The molecule has 23 heavy (non-hydrogen) atoms. The van der Waals surface area contributed by atoms with E-state index >= 15 is 0 Å². The third-order valence-electron chi connectivity index (χ3n) is 3.40. The van der Waals surface area contributed by atoms with Gasteiger partial charge in [-0.1, -0.05) is 35.5 Å². The van der Waals surface area contributed by atoms with E-state index in [0.29, 0.717) is 22.4 Å². The first kappa shape index (κ1) is 16.1. The Morgan fingerprint density at radius 3 is 2.70 bits per heavy atom. The highest BCUT2D eigenvalue weighted by Crippen LogP contribution is 2.27. The number of aliphatic hydroxyl groups is 1. The molecule has 0 bridgehead atoms. The Labute approximate surface area is 143 Å². The maximum Gasteiger partial charge on any atom is 0.200 e. The van der Waals surface area contributed by atoms with Crippen LogP contribution >= 0.6 is 23.4 Å². The van der Waals surface area contributed by atoms with Crippen LogP contribution in [0.2, 0.25) is 5.02 Å². The van der Waals surface area contributed by atoms with Crippen molar-refractivity contribution in [2.24, 2.45) is 0 Å². The first-order chi connectivity index (χ1) is 11.2. The predicted molar refractivity (Wildman–Crippen MR) is 90.5 cm³/mol. The fourth-order valence-electron chi connectivity index (χ4n) is 2.20. The molecule has 0 aliphatic heterocycles. The summed E-state index contributed by atoms with van der Waals surface area (Å²) in [7, 11) is 0. The van der Waals surface area contributed by atoms with E-state index in [2.05, 4.69) is 10.2 Å². The van der Waals surface area contributed by atoms with Crippen molar-refractivity contribution in [3.63, 3.8) is 0 Å². The van der Waals surface area contributed by atoms with Gasteiger partial charge in [0.1, 0.15) is 0 Å². The highest BCUT2D eigenvalue weighted by molar-refractivity contribution is 7.99. The molecular weight excluding hydrogens is 334 g/mol.